The normalized spacial score (nSPS) is 12.3. The van der Waals surface area contributed by atoms with Gasteiger partial charge in [0.15, 0.2) is 6.10 Å². The predicted octanol–water partition coefficient (Wildman–Crippen LogP) is 7.07. The van der Waals surface area contributed by atoms with Gasteiger partial charge in [-0.2, -0.15) is 0 Å². The van der Waals surface area contributed by atoms with Gasteiger partial charge >= 0.3 is 0 Å². The second kappa shape index (κ2) is 10.5. The molecule has 1 atom stereocenters. The Labute approximate surface area is 190 Å². The van der Waals surface area contributed by atoms with Crippen molar-refractivity contribution in [2.24, 2.45) is 0 Å². The van der Waals surface area contributed by atoms with Gasteiger partial charge in [-0.25, -0.2) is 0 Å². The number of rotatable bonds is 8. The molecule has 3 aromatic carbocycles. The van der Waals surface area contributed by atoms with Gasteiger partial charge in [0.05, 0.1) is 0 Å². The Morgan fingerprint density at radius 3 is 2.16 bits per heavy atom. The van der Waals surface area contributed by atoms with Crippen LogP contribution in [0.2, 0.25) is 0 Å². The summed E-state index contributed by atoms with van der Waals surface area (Å²) in [6.07, 6.45) is 0.0624. The quantitative estimate of drug-likeness (QED) is 0.386. The standard InChI is InChI=1S/C27H31NO2S/c1-5-25(30-23-17-13-21(14-18-23)27(2,3)4)26(29)28-22-15-11-20(12-16-22)19-31-24-9-7-6-8-10-24/h6-18,25H,5,19H2,1-4H3,(H,28,29)/t25-/m0/s1. The van der Waals surface area contributed by atoms with E-state index >= 15 is 0 Å². The molecule has 0 unspecified atom stereocenters. The minimum Gasteiger partial charge on any atom is -0.481 e. The van der Waals surface area contributed by atoms with Crippen molar-refractivity contribution in [3.05, 3.63) is 90.0 Å². The third-order valence-electron chi connectivity index (χ3n) is 5.03. The van der Waals surface area contributed by atoms with Gasteiger partial charge in [0.1, 0.15) is 5.75 Å². The van der Waals surface area contributed by atoms with Crippen molar-refractivity contribution in [2.45, 2.75) is 56.3 Å². The molecule has 31 heavy (non-hydrogen) atoms. The van der Waals surface area contributed by atoms with Crippen molar-refractivity contribution in [3.8, 4) is 5.75 Å². The molecular formula is C27H31NO2S. The average Bonchev–Trinajstić information content (AvgIpc) is 2.77. The summed E-state index contributed by atoms with van der Waals surface area (Å²) in [5, 5.41) is 2.98. The summed E-state index contributed by atoms with van der Waals surface area (Å²) in [6.45, 7) is 8.49. The summed E-state index contributed by atoms with van der Waals surface area (Å²) >= 11 is 1.80. The van der Waals surface area contributed by atoms with Crippen molar-refractivity contribution in [1.82, 2.24) is 0 Å². The molecule has 0 aromatic heterocycles. The van der Waals surface area contributed by atoms with Crippen LogP contribution in [0.15, 0.2) is 83.8 Å². The molecule has 3 aromatic rings. The molecule has 0 aliphatic carbocycles. The maximum Gasteiger partial charge on any atom is 0.265 e. The van der Waals surface area contributed by atoms with Gasteiger partial charge in [-0.3, -0.25) is 4.79 Å². The third kappa shape index (κ3) is 6.90. The van der Waals surface area contributed by atoms with Gasteiger partial charge in [0.2, 0.25) is 0 Å². The highest BCUT2D eigenvalue weighted by molar-refractivity contribution is 7.98. The van der Waals surface area contributed by atoms with E-state index in [4.69, 9.17) is 4.74 Å². The topological polar surface area (TPSA) is 38.3 Å². The summed E-state index contributed by atoms with van der Waals surface area (Å²) in [5.41, 5.74) is 3.33. The number of carbonyl (C=O) groups is 1. The Bertz CT molecular complexity index is 961. The third-order valence-corrected chi connectivity index (χ3v) is 6.12. The molecule has 0 bridgehead atoms. The molecule has 0 heterocycles. The molecule has 4 heteroatoms. The number of anilines is 1. The lowest BCUT2D eigenvalue weighted by Gasteiger charge is -2.21. The largest absolute Gasteiger partial charge is 0.481 e. The minimum atomic E-state index is -0.534. The highest BCUT2D eigenvalue weighted by atomic mass is 32.2. The fraction of sp³-hybridized carbons (Fsp3) is 0.296. The zero-order valence-electron chi connectivity index (χ0n) is 18.7. The Kier molecular flexibility index (Phi) is 7.80. The monoisotopic (exact) mass is 433 g/mol. The lowest BCUT2D eigenvalue weighted by atomic mass is 9.87. The van der Waals surface area contributed by atoms with E-state index in [1.165, 1.54) is 16.0 Å². The van der Waals surface area contributed by atoms with Gasteiger partial charge < -0.3 is 10.1 Å². The van der Waals surface area contributed by atoms with Crippen LogP contribution in [0, 0.1) is 0 Å². The van der Waals surface area contributed by atoms with E-state index < -0.39 is 6.10 Å². The number of hydrogen-bond donors (Lipinski definition) is 1. The lowest BCUT2D eigenvalue weighted by Crippen LogP contribution is -2.32. The van der Waals surface area contributed by atoms with E-state index in [9.17, 15) is 4.79 Å². The summed E-state index contributed by atoms with van der Waals surface area (Å²) < 4.78 is 5.96. The highest BCUT2D eigenvalue weighted by Crippen LogP contribution is 2.26. The first-order valence-electron chi connectivity index (χ1n) is 10.7. The van der Waals surface area contributed by atoms with E-state index in [0.29, 0.717) is 12.2 Å². The van der Waals surface area contributed by atoms with E-state index in [1.54, 1.807) is 11.8 Å². The van der Waals surface area contributed by atoms with Gasteiger partial charge in [0, 0.05) is 16.3 Å². The van der Waals surface area contributed by atoms with E-state index in [1.807, 2.05) is 49.4 Å². The molecule has 1 N–H and O–H groups in total. The number of hydrogen-bond acceptors (Lipinski definition) is 3. The van der Waals surface area contributed by atoms with Crippen LogP contribution in [0.5, 0.6) is 5.75 Å². The highest BCUT2D eigenvalue weighted by Gasteiger charge is 2.19. The van der Waals surface area contributed by atoms with Gasteiger partial charge in [-0.15, -0.1) is 11.8 Å². The zero-order valence-corrected chi connectivity index (χ0v) is 19.5. The molecule has 0 saturated heterocycles. The summed E-state index contributed by atoms with van der Waals surface area (Å²) in [4.78, 5) is 14.0. The Hall–Kier alpha value is -2.72. The molecule has 0 aliphatic heterocycles. The second-order valence-corrected chi connectivity index (χ2v) is 9.63. The van der Waals surface area contributed by atoms with Crippen LogP contribution in [0.25, 0.3) is 0 Å². The molecular weight excluding hydrogens is 402 g/mol. The molecule has 0 spiro atoms. The minimum absolute atomic E-state index is 0.0891. The smallest absolute Gasteiger partial charge is 0.265 e. The molecule has 162 valence electrons. The maximum absolute atomic E-state index is 12.7. The van der Waals surface area contributed by atoms with Gasteiger partial charge in [-0.1, -0.05) is 70.2 Å². The number of nitrogens with one attached hydrogen (secondary N) is 1. The van der Waals surface area contributed by atoms with Gasteiger partial charge in [-0.05, 0) is 59.4 Å². The fourth-order valence-corrected chi connectivity index (χ4v) is 3.99. The zero-order chi connectivity index (χ0) is 22.3. The van der Waals surface area contributed by atoms with Crippen LogP contribution in [0.1, 0.15) is 45.2 Å². The first kappa shape index (κ1) is 23.0. The molecule has 3 nitrogen and oxygen atoms in total. The first-order chi connectivity index (χ1) is 14.8. The number of benzene rings is 3. The Morgan fingerprint density at radius 1 is 0.935 bits per heavy atom. The summed E-state index contributed by atoms with van der Waals surface area (Å²) in [6, 6.07) is 26.4. The lowest BCUT2D eigenvalue weighted by molar-refractivity contribution is -0.122. The van der Waals surface area contributed by atoms with E-state index in [0.717, 1.165) is 11.4 Å². The number of thioether (sulfide) groups is 1. The molecule has 0 saturated carbocycles. The van der Waals surface area contributed by atoms with Crippen LogP contribution in [0.4, 0.5) is 5.69 Å². The average molecular weight is 434 g/mol. The molecule has 0 fully saturated rings. The second-order valence-electron chi connectivity index (χ2n) is 8.58. The van der Waals surface area contributed by atoms with Crippen molar-refractivity contribution in [1.29, 1.82) is 0 Å². The van der Waals surface area contributed by atoms with E-state index in [2.05, 4.69) is 62.5 Å². The first-order valence-corrected chi connectivity index (χ1v) is 11.7. The van der Waals surface area contributed by atoms with Crippen LogP contribution in [-0.2, 0) is 16.0 Å². The van der Waals surface area contributed by atoms with Gasteiger partial charge in [0.25, 0.3) is 5.91 Å². The maximum atomic E-state index is 12.7. The van der Waals surface area contributed by atoms with Crippen LogP contribution in [-0.4, -0.2) is 12.0 Å². The molecule has 1 amide bonds. The van der Waals surface area contributed by atoms with Crippen LogP contribution < -0.4 is 10.1 Å². The Morgan fingerprint density at radius 2 is 1.58 bits per heavy atom. The van der Waals surface area contributed by atoms with Crippen molar-refractivity contribution in [3.63, 3.8) is 0 Å². The summed E-state index contributed by atoms with van der Waals surface area (Å²) in [5.74, 6) is 1.47. The summed E-state index contributed by atoms with van der Waals surface area (Å²) in [7, 11) is 0. The van der Waals surface area contributed by atoms with Crippen LogP contribution >= 0.6 is 11.8 Å². The number of ether oxygens (including phenoxy) is 1. The number of amides is 1. The van der Waals surface area contributed by atoms with Crippen LogP contribution in [0.3, 0.4) is 0 Å². The van der Waals surface area contributed by atoms with Crippen molar-refractivity contribution >= 4 is 23.4 Å². The molecule has 0 radical (unpaired) electrons. The SMILES string of the molecule is CC[C@H](Oc1ccc(C(C)(C)C)cc1)C(=O)Nc1ccc(CSc2ccccc2)cc1. The van der Waals surface area contributed by atoms with E-state index in [-0.39, 0.29) is 11.3 Å². The predicted molar refractivity (Wildman–Crippen MR) is 131 cm³/mol. The fourth-order valence-electron chi connectivity index (χ4n) is 3.11. The van der Waals surface area contributed by atoms with Crippen molar-refractivity contribution < 1.29 is 9.53 Å². The van der Waals surface area contributed by atoms with Crippen molar-refractivity contribution in [2.75, 3.05) is 5.32 Å². The Balaban J connectivity index is 1.55. The molecule has 3 rings (SSSR count). The number of carbonyl (C=O) groups excluding carboxylic acids is 1. The molecule has 0 aliphatic rings.